The van der Waals surface area contributed by atoms with Crippen LogP contribution in [-0.4, -0.2) is 48.3 Å². The molecular formula is C23H28N4O2S. The van der Waals surface area contributed by atoms with E-state index in [2.05, 4.69) is 34.5 Å². The van der Waals surface area contributed by atoms with E-state index in [0.29, 0.717) is 6.61 Å². The number of anilines is 1. The number of morpholine rings is 1. The van der Waals surface area contributed by atoms with Crippen LogP contribution < -0.4 is 5.32 Å². The van der Waals surface area contributed by atoms with Crippen molar-refractivity contribution in [3.8, 4) is 0 Å². The summed E-state index contributed by atoms with van der Waals surface area (Å²) in [6.45, 7) is 5.58. The monoisotopic (exact) mass is 424 g/mol. The van der Waals surface area contributed by atoms with Crippen molar-refractivity contribution < 1.29 is 9.47 Å². The van der Waals surface area contributed by atoms with Crippen LogP contribution in [0.15, 0.2) is 24.3 Å². The Kier molecular flexibility index (Phi) is 5.95. The lowest BCUT2D eigenvalue weighted by atomic mass is 10.1. The molecule has 0 radical (unpaired) electrons. The summed E-state index contributed by atoms with van der Waals surface area (Å²) in [7, 11) is 1.74. The first-order valence-electron chi connectivity index (χ1n) is 10.7. The molecule has 0 atom stereocenters. The maximum absolute atomic E-state index is 5.49. The minimum absolute atomic E-state index is 0.618. The van der Waals surface area contributed by atoms with Gasteiger partial charge in [-0.1, -0.05) is 24.3 Å². The van der Waals surface area contributed by atoms with Gasteiger partial charge in [-0.25, -0.2) is 9.97 Å². The van der Waals surface area contributed by atoms with Crippen LogP contribution in [-0.2, 0) is 42.0 Å². The Labute approximate surface area is 181 Å². The van der Waals surface area contributed by atoms with Crippen LogP contribution >= 0.6 is 11.3 Å². The number of aromatic nitrogens is 2. The first kappa shape index (κ1) is 19.9. The molecular weight excluding hydrogens is 396 g/mol. The van der Waals surface area contributed by atoms with Crippen LogP contribution in [0.3, 0.4) is 0 Å². The molecule has 3 aromatic rings. The van der Waals surface area contributed by atoms with Gasteiger partial charge < -0.3 is 14.8 Å². The van der Waals surface area contributed by atoms with Gasteiger partial charge in [-0.3, -0.25) is 4.90 Å². The van der Waals surface area contributed by atoms with E-state index < -0.39 is 0 Å². The molecule has 1 saturated heterocycles. The van der Waals surface area contributed by atoms with Crippen molar-refractivity contribution in [2.24, 2.45) is 0 Å². The van der Waals surface area contributed by atoms with Gasteiger partial charge in [0.15, 0.2) is 0 Å². The van der Waals surface area contributed by atoms with E-state index in [-0.39, 0.29) is 0 Å². The van der Waals surface area contributed by atoms with Crippen LogP contribution in [0, 0.1) is 0 Å². The van der Waals surface area contributed by atoms with Crippen molar-refractivity contribution in [2.75, 3.05) is 38.7 Å². The van der Waals surface area contributed by atoms with Crippen LogP contribution in [0.2, 0.25) is 0 Å². The normalized spacial score (nSPS) is 16.8. The van der Waals surface area contributed by atoms with Gasteiger partial charge in [0, 0.05) is 31.6 Å². The zero-order valence-electron chi connectivity index (χ0n) is 17.4. The molecule has 2 aliphatic rings. The number of methoxy groups -OCH3 is 1. The maximum Gasteiger partial charge on any atom is 0.146 e. The number of hydrogen-bond donors (Lipinski definition) is 1. The zero-order chi connectivity index (χ0) is 20.3. The second-order valence-electron chi connectivity index (χ2n) is 7.97. The van der Waals surface area contributed by atoms with E-state index >= 15 is 0 Å². The van der Waals surface area contributed by atoms with Crippen molar-refractivity contribution >= 4 is 27.4 Å². The summed E-state index contributed by atoms with van der Waals surface area (Å²) in [5.41, 5.74) is 3.91. The third-order valence-corrected chi connectivity index (χ3v) is 7.13. The van der Waals surface area contributed by atoms with E-state index in [4.69, 9.17) is 19.4 Å². The highest BCUT2D eigenvalue weighted by molar-refractivity contribution is 7.19. The topological polar surface area (TPSA) is 59.5 Å². The Morgan fingerprint density at radius 1 is 1.13 bits per heavy atom. The van der Waals surface area contributed by atoms with Crippen LogP contribution in [0.5, 0.6) is 0 Å². The minimum Gasteiger partial charge on any atom is -0.380 e. The summed E-state index contributed by atoms with van der Waals surface area (Å²) < 4.78 is 10.9. The molecule has 1 aromatic carbocycles. The van der Waals surface area contributed by atoms with E-state index in [0.717, 1.165) is 62.3 Å². The molecule has 5 rings (SSSR count). The highest BCUT2D eigenvalue weighted by atomic mass is 32.1. The van der Waals surface area contributed by atoms with Crippen LogP contribution in [0.25, 0.3) is 10.2 Å². The molecule has 1 N–H and O–H groups in total. The average Bonchev–Trinajstić information content (AvgIpc) is 3.35. The average molecular weight is 425 g/mol. The molecule has 1 aliphatic heterocycles. The SMILES string of the molecule is COCc1ccccc1CNc1nc(CN2CCOCC2)nc2sc3c(c12)CCC3. The lowest BCUT2D eigenvalue weighted by molar-refractivity contribution is 0.0331. The van der Waals surface area contributed by atoms with Crippen molar-refractivity contribution in [3.05, 3.63) is 51.7 Å². The van der Waals surface area contributed by atoms with E-state index in [9.17, 15) is 0 Å². The molecule has 1 fully saturated rings. The highest BCUT2D eigenvalue weighted by Gasteiger charge is 2.23. The first-order chi connectivity index (χ1) is 14.8. The van der Waals surface area contributed by atoms with Gasteiger partial charge in [0.2, 0.25) is 0 Å². The van der Waals surface area contributed by atoms with Crippen molar-refractivity contribution in [3.63, 3.8) is 0 Å². The molecule has 3 heterocycles. The third kappa shape index (κ3) is 4.07. The van der Waals surface area contributed by atoms with Gasteiger partial charge in [-0.2, -0.15) is 0 Å². The van der Waals surface area contributed by atoms with E-state index in [1.165, 1.54) is 39.8 Å². The number of nitrogens with one attached hydrogen (secondary N) is 1. The van der Waals surface area contributed by atoms with Crippen LogP contribution in [0.4, 0.5) is 5.82 Å². The van der Waals surface area contributed by atoms with Crippen molar-refractivity contribution in [1.82, 2.24) is 14.9 Å². The first-order valence-corrected chi connectivity index (χ1v) is 11.5. The fourth-order valence-corrected chi connectivity index (χ4v) is 5.68. The Hall–Kier alpha value is -2.06. The highest BCUT2D eigenvalue weighted by Crippen LogP contribution is 2.39. The lowest BCUT2D eigenvalue weighted by Gasteiger charge is -2.25. The number of fused-ring (bicyclic) bond motifs is 3. The summed E-state index contributed by atoms with van der Waals surface area (Å²) in [6, 6.07) is 8.43. The quantitative estimate of drug-likeness (QED) is 0.623. The number of hydrogen-bond acceptors (Lipinski definition) is 7. The Bertz CT molecular complexity index is 1030. The maximum atomic E-state index is 5.49. The standard InChI is InChI=1S/C23H28N4O2S/c1-28-15-17-6-3-2-5-16(17)13-24-22-21-18-7-4-8-19(18)30-23(21)26-20(25-22)14-27-9-11-29-12-10-27/h2-3,5-6H,4,7-15H2,1H3,(H,24,25,26). The number of aryl methyl sites for hydroxylation is 2. The molecule has 0 saturated carbocycles. The Balaban J connectivity index is 1.46. The largest absolute Gasteiger partial charge is 0.380 e. The lowest BCUT2D eigenvalue weighted by Crippen LogP contribution is -2.36. The molecule has 30 heavy (non-hydrogen) atoms. The summed E-state index contributed by atoms with van der Waals surface area (Å²) >= 11 is 1.86. The fourth-order valence-electron chi connectivity index (χ4n) is 4.40. The van der Waals surface area contributed by atoms with Gasteiger partial charge in [0.1, 0.15) is 16.5 Å². The molecule has 0 unspecified atom stereocenters. The predicted molar refractivity (Wildman–Crippen MR) is 120 cm³/mol. The minimum atomic E-state index is 0.618. The molecule has 0 bridgehead atoms. The van der Waals surface area contributed by atoms with Gasteiger partial charge in [-0.15, -0.1) is 11.3 Å². The van der Waals surface area contributed by atoms with Gasteiger partial charge in [-0.05, 0) is 36.0 Å². The third-order valence-electron chi connectivity index (χ3n) is 5.94. The van der Waals surface area contributed by atoms with Gasteiger partial charge in [0.25, 0.3) is 0 Å². The molecule has 0 amide bonds. The second-order valence-corrected chi connectivity index (χ2v) is 9.05. The number of benzene rings is 1. The number of thiophene rings is 1. The smallest absolute Gasteiger partial charge is 0.146 e. The molecule has 2 aromatic heterocycles. The summed E-state index contributed by atoms with van der Waals surface area (Å²) in [5.74, 6) is 1.88. The Morgan fingerprint density at radius 2 is 1.97 bits per heavy atom. The molecule has 158 valence electrons. The number of rotatable bonds is 7. The predicted octanol–water partition coefficient (Wildman–Crippen LogP) is 3.77. The van der Waals surface area contributed by atoms with E-state index in [1.54, 1.807) is 7.11 Å². The molecule has 0 spiro atoms. The van der Waals surface area contributed by atoms with Crippen LogP contribution in [0.1, 0.15) is 33.8 Å². The zero-order valence-corrected chi connectivity index (χ0v) is 18.3. The van der Waals surface area contributed by atoms with Crippen molar-refractivity contribution in [1.29, 1.82) is 0 Å². The summed E-state index contributed by atoms with van der Waals surface area (Å²) in [5, 5.41) is 4.89. The van der Waals surface area contributed by atoms with E-state index in [1.807, 2.05) is 11.3 Å². The summed E-state index contributed by atoms with van der Waals surface area (Å²) in [4.78, 5) is 15.0. The summed E-state index contributed by atoms with van der Waals surface area (Å²) in [6.07, 6.45) is 3.55. The van der Waals surface area contributed by atoms with Gasteiger partial charge >= 0.3 is 0 Å². The molecule has 7 heteroatoms. The molecule has 6 nitrogen and oxygen atoms in total. The van der Waals surface area contributed by atoms with Gasteiger partial charge in [0.05, 0.1) is 31.8 Å². The molecule has 1 aliphatic carbocycles. The second kappa shape index (κ2) is 8.98. The number of nitrogens with zero attached hydrogens (tertiary/aromatic N) is 3. The number of ether oxygens (including phenoxy) is 2. The fraction of sp³-hybridized carbons (Fsp3) is 0.478. The van der Waals surface area contributed by atoms with Crippen molar-refractivity contribution in [2.45, 2.75) is 39.0 Å². The Morgan fingerprint density at radius 3 is 2.80 bits per heavy atom.